The van der Waals surface area contributed by atoms with Gasteiger partial charge in [-0.2, -0.15) is 0 Å². The molecule has 0 atom stereocenters. The maximum atomic E-state index is 0. The fourth-order valence-corrected chi connectivity index (χ4v) is 0. The zero-order valence-corrected chi connectivity index (χ0v) is 6.96. The fourth-order valence-electron chi connectivity index (χ4n) is 0. The standard InChI is InChI=1S/4ClH.K.Ti.H/h4*1H;;;. The van der Waals surface area contributed by atoms with Gasteiger partial charge in [0.2, 0.25) is 0 Å². The van der Waals surface area contributed by atoms with Gasteiger partial charge in [-0.15, -0.1) is 49.6 Å². The zero-order valence-electron chi connectivity index (χ0n) is 2.13. The molecule has 0 heterocycles. The molecule has 0 fully saturated rings. The van der Waals surface area contributed by atoms with Gasteiger partial charge in [0.1, 0.15) is 0 Å². The van der Waals surface area contributed by atoms with Crippen molar-refractivity contribution in [2.45, 2.75) is 0 Å². The molecule has 0 aromatic carbocycles. The zero-order chi connectivity index (χ0) is 0. The molecule has 0 aromatic heterocycles. The number of halogens is 4. The molecule has 6 heteroatoms. The molecule has 0 spiro atoms. The molecule has 0 unspecified atom stereocenters. The average Bonchev–Trinajstić information content (AvgIpc) is 0. The second-order valence-electron chi connectivity index (χ2n) is 0. The first-order valence-corrected chi connectivity index (χ1v) is 0. The summed E-state index contributed by atoms with van der Waals surface area (Å²) in [6.45, 7) is 0. The summed E-state index contributed by atoms with van der Waals surface area (Å²) in [4.78, 5) is 0. The van der Waals surface area contributed by atoms with Crippen molar-refractivity contribution >= 4 is 101 Å². The first kappa shape index (κ1) is 55.9. The normalized spacial score (nSPS) is 0. The first-order chi connectivity index (χ1) is 0. The summed E-state index contributed by atoms with van der Waals surface area (Å²) >= 11 is 0. The van der Waals surface area contributed by atoms with E-state index in [0.29, 0.717) is 0 Å². The quantitative estimate of drug-likeness (QED) is 0.549. The van der Waals surface area contributed by atoms with Gasteiger partial charge in [0.05, 0.1) is 0 Å². The van der Waals surface area contributed by atoms with E-state index in [1.54, 1.807) is 0 Å². The van der Waals surface area contributed by atoms with Crippen LogP contribution in [-0.2, 0) is 21.7 Å². The van der Waals surface area contributed by atoms with Crippen molar-refractivity contribution in [1.29, 1.82) is 0 Å². The van der Waals surface area contributed by atoms with Crippen LogP contribution in [0.4, 0.5) is 0 Å². The van der Waals surface area contributed by atoms with Crippen molar-refractivity contribution in [3.8, 4) is 0 Å². The van der Waals surface area contributed by atoms with E-state index in [1.165, 1.54) is 0 Å². The third-order valence-electron chi connectivity index (χ3n) is 0. The second-order valence-corrected chi connectivity index (χ2v) is 0. The minimum absolute atomic E-state index is 0. The minimum Gasteiger partial charge on any atom is 0 e. The molecule has 0 aromatic rings. The molecule has 0 radical (unpaired) electrons. The van der Waals surface area contributed by atoms with Gasteiger partial charge < -0.3 is 0 Å². The molecule has 0 nitrogen and oxygen atoms in total. The second kappa shape index (κ2) is 39.0. The van der Waals surface area contributed by atoms with Crippen LogP contribution in [0.15, 0.2) is 0 Å². The van der Waals surface area contributed by atoms with Gasteiger partial charge in [0.15, 0.2) is 0 Å². The predicted octanol–water partition coefficient (Wildman–Crippen LogP) is 1.04. The summed E-state index contributed by atoms with van der Waals surface area (Å²) in [5.41, 5.74) is 0. The third kappa shape index (κ3) is 25.8. The monoisotopic (exact) mass is 232 g/mol. The summed E-state index contributed by atoms with van der Waals surface area (Å²) < 4.78 is 0. The van der Waals surface area contributed by atoms with Crippen LogP contribution in [0.3, 0.4) is 0 Å². The summed E-state index contributed by atoms with van der Waals surface area (Å²) in [5.74, 6) is 0. The third-order valence-corrected chi connectivity index (χ3v) is 0. The van der Waals surface area contributed by atoms with Crippen LogP contribution in [0.25, 0.3) is 0 Å². The van der Waals surface area contributed by atoms with Gasteiger partial charge in [-0.3, -0.25) is 0 Å². The predicted molar refractivity (Wildman–Crippen MR) is 36.1 cm³/mol. The molecule has 6 heavy (non-hydrogen) atoms. The molecule has 0 N–H and O–H groups in total. The Kier molecular flexibility index (Phi) is 363. The van der Waals surface area contributed by atoms with Crippen LogP contribution in [0, 0.1) is 0 Å². The van der Waals surface area contributed by atoms with E-state index in [0.717, 1.165) is 0 Å². The van der Waals surface area contributed by atoms with Crippen LogP contribution >= 0.6 is 49.6 Å². The molecule has 0 aliphatic carbocycles. The van der Waals surface area contributed by atoms with Crippen molar-refractivity contribution < 1.29 is 21.7 Å². The number of hydrogen-bond acceptors (Lipinski definition) is 0. The van der Waals surface area contributed by atoms with Gasteiger partial charge in [-0.05, 0) is 0 Å². The van der Waals surface area contributed by atoms with Gasteiger partial charge in [0.25, 0.3) is 0 Å². The van der Waals surface area contributed by atoms with Crippen molar-refractivity contribution in [1.82, 2.24) is 0 Å². The maximum Gasteiger partial charge on any atom is 0 e. The largest absolute Gasteiger partial charge is 0 e. The Labute approximate surface area is 120 Å². The summed E-state index contributed by atoms with van der Waals surface area (Å²) in [5, 5.41) is 0. The van der Waals surface area contributed by atoms with Crippen LogP contribution in [0.1, 0.15) is 0 Å². The van der Waals surface area contributed by atoms with E-state index in [4.69, 9.17) is 0 Å². The Hall–Kier alpha value is 3.51. The molecular formula is H5Cl4KTi. The molecular weight excluding hydrogens is 229 g/mol. The van der Waals surface area contributed by atoms with E-state index in [9.17, 15) is 0 Å². The average molecular weight is 234 g/mol. The molecule has 0 saturated carbocycles. The Morgan fingerprint density at radius 3 is 0.500 bits per heavy atom. The van der Waals surface area contributed by atoms with Crippen molar-refractivity contribution in [2.75, 3.05) is 0 Å². The Morgan fingerprint density at radius 1 is 0.500 bits per heavy atom. The molecule has 0 bridgehead atoms. The van der Waals surface area contributed by atoms with E-state index in [-0.39, 0.29) is 123 Å². The van der Waals surface area contributed by atoms with Crippen LogP contribution in [0.2, 0.25) is 0 Å². The van der Waals surface area contributed by atoms with E-state index in [2.05, 4.69) is 0 Å². The Bertz CT molecular complexity index is 7.51. The fraction of sp³-hybridized carbons (Fsp3) is 0. The molecule has 0 aliphatic rings. The molecule has 0 aliphatic heterocycles. The summed E-state index contributed by atoms with van der Waals surface area (Å²) in [6, 6.07) is 0. The van der Waals surface area contributed by atoms with E-state index >= 15 is 0 Å². The van der Waals surface area contributed by atoms with Crippen LogP contribution in [-0.4, -0.2) is 51.4 Å². The Morgan fingerprint density at radius 2 is 0.500 bits per heavy atom. The number of hydrogen-bond donors (Lipinski definition) is 0. The van der Waals surface area contributed by atoms with Crippen molar-refractivity contribution in [3.63, 3.8) is 0 Å². The van der Waals surface area contributed by atoms with Crippen molar-refractivity contribution in [2.24, 2.45) is 0 Å². The van der Waals surface area contributed by atoms with Crippen LogP contribution in [0.5, 0.6) is 0 Å². The SMILES string of the molecule is Cl.Cl.Cl.Cl.[KH].[Ti]. The maximum absolute atomic E-state index is 0. The number of rotatable bonds is 0. The van der Waals surface area contributed by atoms with Gasteiger partial charge in [0, 0.05) is 21.7 Å². The van der Waals surface area contributed by atoms with Gasteiger partial charge >= 0.3 is 51.4 Å². The van der Waals surface area contributed by atoms with E-state index in [1.807, 2.05) is 0 Å². The smallest absolute Gasteiger partial charge is 0 e. The molecule has 38 valence electrons. The summed E-state index contributed by atoms with van der Waals surface area (Å²) in [6.07, 6.45) is 0. The summed E-state index contributed by atoms with van der Waals surface area (Å²) in [7, 11) is 0. The Balaban J connectivity index is 0. The van der Waals surface area contributed by atoms with Crippen molar-refractivity contribution in [3.05, 3.63) is 0 Å². The van der Waals surface area contributed by atoms with Gasteiger partial charge in [-0.1, -0.05) is 0 Å². The molecule has 0 saturated heterocycles. The molecule has 0 amide bonds. The minimum atomic E-state index is 0. The first-order valence-electron chi connectivity index (χ1n) is 0. The van der Waals surface area contributed by atoms with Gasteiger partial charge in [-0.25, -0.2) is 0 Å². The van der Waals surface area contributed by atoms with Crippen LogP contribution < -0.4 is 0 Å². The van der Waals surface area contributed by atoms with E-state index < -0.39 is 0 Å². The molecule has 0 rings (SSSR count). The topological polar surface area (TPSA) is 0 Å².